The molecule has 5 rings (SSSR count). The van der Waals surface area contributed by atoms with Crippen molar-refractivity contribution < 1.29 is 20.1 Å². The Morgan fingerprint density at radius 2 is 1.62 bits per heavy atom. The molecule has 2 spiro atoms. The fraction of sp³-hybridized carbons (Fsp3) is 0.900. The minimum absolute atomic E-state index is 0.0536. The lowest BCUT2D eigenvalue weighted by Crippen LogP contribution is -2.57. The summed E-state index contributed by atoms with van der Waals surface area (Å²) < 4.78 is 0. The highest BCUT2D eigenvalue weighted by molar-refractivity contribution is 5.86. The van der Waals surface area contributed by atoms with Crippen molar-refractivity contribution in [2.24, 2.45) is 50.7 Å². The van der Waals surface area contributed by atoms with Crippen molar-refractivity contribution in [3.8, 4) is 0 Å². The quantitative estimate of drug-likeness (QED) is 0.402. The van der Waals surface area contributed by atoms with Gasteiger partial charge in [-0.1, -0.05) is 40.7 Å². The first kappa shape index (κ1) is 24.8. The van der Waals surface area contributed by atoms with E-state index in [9.17, 15) is 20.1 Å². The van der Waals surface area contributed by atoms with Crippen LogP contribution in [0.1, 0.15) is 105 Å². The second kappa shape index (κ2) is 7.81. The third kappa shape index (κ3) is 3.00. The van der Waals surface area contributed by atoms with Gasteiger partial charge in [0.2, 0.25) is 0 Å². The van der Waals surface area contributed by atoms with Gasteiger partial charge in [-0.15, -0.1) is 0 Å². The maximum absolute atomic E-state index is 11.2. The lowest BCUT2D eigenvalue weighted by atomic mass is 9.41. The number of carbonyl (C=O) groups is 1. The van der Waals surface area contributed by atoms with Crippen molar-refractivity contribution in [3.05, 3.63) is 11.6 Å². The van der Waals surface area contributed by atoms with Crippen molar-refractivity contribution in [2.45, 2.75) is 111 Å². The number of aliphatic carboxylic acids is 1. The zero-order valence-electron chi connectivity index (χ0n) is 22.2. The smallest absolute Gasteiger partial charge is 0.333 e. The van der Waals surface area contributed by atoms with E-state index in [2.05, 4.69) is 34.6 Å². The van der Waals surface area contributed by atoms with Crippen LogP contribution in [0.25, 0.3) is 0 Å². The number of hydrogen-bond acceptors (Lipinski definition) is 3. The minimum atomic E-state index is -1.000. The Bertz CT molecular complexity index is 877. The summed E-state index contributed by atoms with van der Waals surface area (Å²) in [6.07, 6.45) is 15.0. The molecule has 4 heteroatoms. The molecule has 5 aliphatic carbocycles. The van der Waals surface area contributed by atoms with Gasteiger partial charge in [0.05, 0.1) is 18.3 Å². The number of fused-ring (bicyclic) bond motifs is 2. The number of aliphatic hydroxyl groups excluding tert-OH is 2. The van der Waals surface area contributed by atoms with Crippen LogP contribution in [0, 0.1) is 50.7 Å². The third-order valence-corrected chi connectivity index (χ3v) is 13.3. The molecule has 192 valence electrons. The highest BCUT2D eigenvalue weighted by Crippen LogP contribution is 2.89. The van der Waals surface area contributed by atoms with Gasteiger partial charge in [0.15, 0.2) is 0 Å². The van der Waals surface area contributed by atoms with Crippen molar-refractivity contribution in [2.75, 3.05) is 6.61 Å². The monoisotopic (exact) mass is 472 g/mol. The molecule has 4 nitrogen and oxygen atoms in total. The molecule has 0 amide bonds. The fourth-order valence-corrected chi connectivity index (χ4v) is 11.2. The average Bonchev–Trinajstić information content (AvgIpc) is 3.36. The van der Waals surface area contributed by atoms with Gasteiger partial charge < -0.3 is 15.3 Å². The van der Waals surface area contributed by atoms with Gasteiger partial charge in [-0.2, -0.15) is 0 Å². The molecule has 0 aromatic rings. The number of aliphatic hydroxyl groups is 2. The summed E-state index contributed by atoms with van der Waals surface area (Å²) in [5, 5.41) is 29.4. The summed E-state index contributed by atoms with van der Waals surface area (Å²) in [5.74, 6) is 1.78. The van der Waals surface area contributed by atoms with E-state index in [4.69, 9.17) is 0 Å². The summed E-state index contributed by atoms with van der Waals surface area (Å²) in [7, 11) is 0. The molecular weight excluding hydrogens is 424 g/mol. The van der Waals surface area contributed by atoms with Gasteiger partial charge in [0, 0.05) is 0 Å². The Morgan fingerprint density at radius 3 is 2.29 bits per heavy atom. The van der Waals surface area contributed by atoms with E-state index >= 15 is 0 Å². The SMILES string of the molecule is C[C@H](CC/C=C(\CO)C(=O)O)[C@H]1CC[C@@]2(C)[C@@H]3CC[C@H]4C(C)(C)[C@H](O)CC[C@@]45C[C@]35CC[C@]12C. The highest BCUT2D eigenvalue weighted by Gasteiger charge is 2.82. The molecular formula is C30H48O4. The lowest BCUT2D eigenvalue weighted by Gasteiger charge is -2.63. The van der Waals surface area contributed by atoms with Crippen molar-refractivity contribution >= 4 is 5.97 Å². The summed E-state index contributed by atoms with van der Waals surface area (Å²) in [4.78, 5) is 11.2. The van der Waals surface area contributed by atoms with Crippen LogP contribution in [0.4, 0.5) is 0 Å². The maximum atomic E-state index is 11.2. The lowest BCUT2D eigenvalue weighted by molar-refractivity contribution is -0.161. The largest absolute Gasteiger partial charge is 0.478 e. The Hall–Kier alpha value is -0.870. The summed E-state index contributed by atoms with van der Waals surface area (Å²) in [6.45, 7) is 11.9. The maximum Gasteiger partial charge on any atom is 0.333 e. The van der Waals surface area contributed by atoms with Crippen molar-refractivity contribution in [1.29, 1.82) is 0 Å². The van der Waals surface area contributed by atoms with Crippen LogP contribution in [0.5, 0.6) is 0 Å². The van der Waals surface area contributed by atoms with Gasteiger partial charge in [0.1, 0.15) is 0 Å². The first-order valence-corrected chi connectivity index (χ1v) is 14.1. The van der Waals surface area contributed by atoms with E-state index in [1.54, 1.807) is 6.08 Å². The standard InChI is InChI=1S/C30H48O4/c1-19(7-6-8-20(17-31)25(33)34)21-11-13-28(5)23-10-9-22-26(2,3)24(32)12-14-29(22)18-30(23,29)16-15-27(21,28)4/h8,19,21-24,31-32H,6-7,9-18H2,1-5H3,(H,33,34)/b20-8+/t19-,21-,22+,23+,24-,27-,28+,29-,30-/m1/s1. The zero-order chi connectivity index (χ0) is 24.7. The molecule has 34 heavy (non-hydrogen) atoms. The second-order valence-corrected chi connectivity index (χ2v) is 14.3. The van der Waals surface area contributed by atoms with Gasteiger partial charge in [-0.05, 0) is 121 Å². The summed E-state index contributed by atoms with van der Waals surface area (Å²) >= 11 is 0. The van der Waals surface area contributed by atoms with Crippen molar-refractivity contribution in [1.82, 2.24) is 0 Å². The number of hydrogen-bond donors (Lipinski definition) is 3. The zero-order valence-corrected chi connectivity index (χ0v) is 22.2. The van der Waals surface area contributed by atoms with E-state index in [0.717, 1.165) is 25.2 Å². The Morgan fingerprint density at radius 1 is 0.941 bits per heavy atom. The molecule has 0 aromatic carbocycles. The molecule has 0 aliphatic heterocycles. The van der Waals surface area contributed by atoms with Crippen LogP contribution >= 0.6 is 0 Å². The van der Waals surface area contributed by atoms with E-state index in [-0.39, 0.29) is 23.7 Å². The molecule has 0 saturated heterocycles. The summed E-state index contributed by atoms with van der Waals surface area (Å²) in [5.41, 5.74) is 1.96. The van der Waals surface area contributed by atoms with Crippen LogP contribution < -0.4 is 0 Å². The van der Waals surface area contributed by atoms with E-state index in [1.807, 2.05) is 0 Å². The topological polar surface area (TPSA) is 77.8 Å². The molecule has 0 unspecified atom stereocenters. The first-order valence-electron chi connectivity index (χ1n) is 14.1. The number of allylic oxidation sites excluding steroid dienone is 1. The van der Waals surface area contributed by atoms with Crippen LogP contribution in [-0.4, -0.2) is 34.0 Å². The Balaban J connectivity index is 1.35. The molecule has 9 atom stereocenters. The predicted molar refractivity (Wildman–Crippen MR) is 134 cm³/mol. The van der Waals surface area contributed by atoms with Crippen LogP contribution in [0.3, 0.4) is 0 Å². The summed E-state index contributed by atoms with van der Waals surface area (Å²) in [6, 6.07) is 0. The van der Waals surface area contributed by atoms with E-state index in [0.29, 0.717) is 39.4 Å². The molecule has 0 aromatic heterocycles. The number of carboxylic acid groups (broad SMARTS) is 1. The molecule has 5 saturated carbocycles. The Labute approximate surface area is 206 Å². The average molecular weight is 473 g/mol. The highest BCUT2D eigenvalue weighted by atomic mass is 16.4. The molecule has 0 radical (unpaired) electrons. The van der Waals surface area contributed by atoms with Gasteiger partial charge in [0.25, 0.3) is 0 Å². The normalized spacial score (nSPS) is 49.9. The van der Waals surface area contributed by atoms with E-state index < -0.39 is 5.97 Å². The van der Waals surface area contributed by atoms with Gasteiger partial charge in [-0.3, -0.25) is 0 Å². The van der Waals surface area contributed by atoms with Gasteiger partial charge in [-0.25, -0.2) is 4.79 Å². The molecule has 5 aliphatic rings. The van der Waals surface area contributed by atoms with Crippen LogP contribution in [0.2, 0.25) is 0 Å². The molecule has 0 bridgehead atoms. The molecule has 5 fully saturated rings. The van der Waals surface area contributed by atoms with Crippen LogP contribution in [0.15, 0.2) is 11.6 Å². The molecule has 3 N–H and O–H groups in total. The Kier molecular flexibility index (Phi) is 5.70. The molecule has 0 heterocycles. The van der Waals surface area contributed by atoms with Crippen molar-refractivity contribution in [3.63, 3.8) is 0 Å². The predicted octanol–water partition coefficient (Wildman–Crippen LogP) is 6.21. The second-order valence-electron chi connectivity index (χ2n) is 14.3. The van der Waals surface area contributed by atoms with Gasteiger partial charge >= 0.3 is 5.97 Å². The third-order valence-electron chi connectivity index (χ3n) is 13.3. The van der Waals surface area contributed by atoms with Crippen LogP contribution in [-0.2, 0) is 4.79 Å². The number of rotatable bonds is 6. The minimum Gasteiger partial charge on any atom is -0.478 e. The van der Waals surface area contributed by atoms with E-state index in [1.165, 1.54) is 51.4 Å². The fourth-order valence-electron chi connectivity index (χ4n) is 11.2. The first-order chi connectivity index (χ1) is 15.9. The number of carboxylic acids is 1.